The number of fused-ring (bicyclic) bond motifs is 1. The summed E-state index contributed by atoms with van der Waals surface area (Å²) in [7, 11) is -3.80. The van der Waals surface area contributed by atoms with Gasteiger partial charge in [-0.3, -0.25) is 9.97 Å². The largest absolute Gasteiger partial charge is 0.364 e. The van der Waals surface area contributed by atoms with Gasteiger partial charge in [-0.1, -0.05) is 6.07 Å². The third-order valence-electron chi connectivity index (χ3n) is 3.42. The number of sulfonamides is 1. The Morgan fingerprint density at radius 3 is 2.44 bits per heavy atom. The Labute approximate surface area is 146 Å². The van der Waals surface area contributed by atoms with Gasteiger partial charge in [0.25, 0.3) is 0 Å². The third-order valence-corrected chi connectivity index (χ3v) is 4.30. The molecule has 7 nitrogen and oxygen atoms in total. The van der Waals surface area contributed by atoms with Crippen LogP contribution in [0.2, 0.25) is 0 Å². The van der Waals surface area contributed by atoms with E-state index in [1.807, 2.05) is 39.0 Å². The van der Waals surface area contributed by atoms with Crippen LogP contribution in [0.25, 0.3) is 22.2 Å². The van der Waals surface area contributed by atoms with Gasteiger partial charge in [-0.05, 0) is 44.5 Å². The van der Waals surface area contributed by atoms with Crippen molar-refractivity contribution in [1.29, 1.82) is 0 Å². The van der Waals surface area contributed by atoms with Crippen LogP contribution in [0, 0.1) is 0 Å². The number of nitrogens with one attached hydrogen (secondary N) is 1. The summed E-state index contributed by atoms with van der Waals surface area (Å²) in [4.78, 5) is 12.9. The van der Waals surface area contributed by atoms with E-state index in [0.29, 0.717) is 16.9 Å². The first-order valence-electron chi connectivity index (χ1n) is 7.65. The number of nitrogens with two attached hydrogens (primary N) is 1. The molecule has 0 saturated heterocycles. The summed E-state index contributed by atoms with van der Waals surface area (Å²) in [6, 6.07) is 7.02. The van der Waals surface area contributed by atoms with Gasteiger partial charge in [0.2, 0.25) is 10.0 Å². The van der Waals surface area contributed by atoms with Crippen molar-refractivity contribution in [1.82, 2.24) is 15.0 Å². The van der Waals surface area contributed by atoms with Crippen LogP contribution in [0.5, 0.6) is 0 Å². The summed E-state index contributed by atoms with van der Waals surface area (Å²) in [6.45, 7) is 6.12. The Morgan fingerprint density at radius 1 is 1.00 bits per heavy atom. The third kappa shape index (κ3) is 4.09. The van der Waals surface area contributed by atoms with Crippen LogP contribution in [0.1, 0.15) is 20.8 Å². The molecule has 0 radical (unpaired) electrons. The molecule has 0 saturated carbocycles. The molecular weight excluding hydrogens is 338 g/mol. The summed E-state index contributed by atoms with van der Waals surface area (Å²) in [5, 5.41) is 8.45. The predicted octanol–water partition coefficient (Wildman–Crippen LogP) is 2.55. The number of hydrogen-bond donors (Lipinski definition) is 2. The molecule has 0 aliphatic carbocycles. The van der Waals surface area contributed by atoms with Crippen LogP contribution in [-0.4, -0.2) is 28.9 Å². The van der Waals surface area contributed by atoms with Crippen molar-refractivity contribution in [3.05, 3.63) is 42.9 Å². The van der Waals surface area contributed by atoms with E-state index in [2.05, 4.69) is 20.3 Å². The van der Waals surface area contributed by atoms with E-state index in [4.69, 9.17) is 5.14 Å². The Bertz CT molecular complexity index is 1040. The fraction of sp³-hybridized carbons (Fsp3) is 0.235. The molecule has 1 aromatic carbocycles. The Balaban J connectivity index is 2.06. The van der Waals surface area contributed by atoms with Gasteiger partial charge in [0.05, 0.1) is 17.2 Å². The molecule has 25 heavy (non-hydrogen) atoms. The number of rotatable bonds is 3. The first-order valence-corrected chi connectivity index (χ1v) is 9.20. The highest BCUT2D eigenvalue weighted by Gasteiger charge is 2.12. The molecule has 2 aromatic heterocycles. The minimum Gasteiger partial charge on any atom is -0.364 e. The van der Waals surface area contributed by atoms with Gasteiger partial charge in [0.15, 0.2) is 0 Å². The molecule has 8 heteroatoms. The van der Waals surface area contributed by atoms with Crippen LogP contribution >= 0.6 is 0 Å². The average Bonchev–Trinajstić information content (AvgIpc) is 2.52. The highest BCUT2D eigenvalue weighted by atomic mass is 32.2. The molecule has 0 bridgehead atoms. The van der Waals surface area contributed by atoms with Crippen molar-refractivity contribution in [2.24, 2.45) is 5.14 Å². The quantitative estimate of drug-likeness (QED) is 0.745. The molecule has 3 aromatic rings. The number of primary sulfonamides is 1. The average molecular weight is 357 g/mol. The van der Waals surface area contributed by atoms with Crippen LogP contribution in [-0.2, 0) is 10.0 Å². The van der Waals surface area contributed by atoms with Gasteiger partial charge in [0, 0.05) is 23.5 Å². The monoisotopic (exact) mass is 357 g/mol. The van der Waals surface area contributed by atoms with Gasteiger partial charge in [-0.25, -0.2) is 18.5 Å². The lowest BCUT2D eigenvalue weighted by molar-refractivity contribution is 0.597. The smallest absolute Gasteiger partial charge is 0.239 e. The van der Waals surface area contributed by atoms with Crippen molar-refractivity contribution in [2.75, 3.05) is 5.32 Å². The lowest BCUT2D eigenvalue weighted by Crippen LogP contribution is -2.26. The first-order chi connectivity index (χ1) is 11.6. The van der Waals surface area contributed by atoms with Crippen LogP contribution in [0.3, 0.4) is 0 Å². The molecule has 0 amide bonds. The SMILES string of the molecule is CC(C)(C)Nc1cnc2ccc(-c3cncc(S(N)(=O)=O)c3)cc2n1. The van der Waals surface area contributed by atoms with Gasteiger partial charge in [0.1, 0.15) is 10.7 Å². The molecular formula is C17H19N5O2S. The zero-order chi connectivity index (χ0) is 18.2. The highest BCUT2D eigenvalue weighted by molar-refractivity contribution is 7.89. The second-order valence-electron chi connectivity index (χ2n) is 6.79. The highest BCUT2D eigenvalue weighted by Crippen LogP contribution is 2.25. The number of aromatic nitrogens is 3. The van der Waals surface area contributed by atoms with Crippen LogP contribution < -0.4 is 10.5 Å². The molecule has 0 aliphatic heterocycles. The van der Waals surface area contributed by atoms with Gasteiger partial charge in [-0.2, -0.15) is 0 Å². The fourth-order valence-electron chi connectivity index (χ4n) is 2.37. The van der Waals surface area contributed by atoms with E-state index in [0.717, 1.165) is 11.1 Å². The molecule has 0 spiro atoms. The molecule has 0 atom stereocenters. The van der Waals surface area contributed by atoms with Crippen molar-refractivity contribution < 1.29 is 8.42 Å². The maximum atomic E-state index is 11.5. The zero-order valence-corrected chi connectivity index (χ0v) is 15.0. The number of benzene rings is 1. The second kappa shape index (κ2) is 6.05. The maximum absolute atomic E-state index is 11.5. The van der Waals surface area contributed by atoms with Crippen LogP contribution in [0.4, 0.5) is 5.82 Å². The van der Waals surface area contributed by atoms with E-state index in [1.54, 1.807) is 12.4 Å². The Hall–Kier alpha value is -2.58. The summed E-state index contributed by atoms with van der Waals surface area (Å²) in [5.74, 6) is 0.675. The van der Waals surface area contributed by atoms with E-state index < -0.39 is 10.0 Å². The summed E-state index contributed by atoms with van der Waals surface area (Å²) in [6.07, 6.45) is 4.50. The van der Waals surface area contributed by atoms with E-state index in [9.17, 15) is 8.42 Å². The predicted molar refractivity (Wildman–Crippen MR) is 97.5 cm³/mol. The minimum atomic E-state index is -3.80. The minimum absolute atomic E-state index is 0.0284. The lowest BCUT2D eigenvalue weighted by atomic mass is 10.1. The van der Waals surface area contributed by atoms with E-state index in [1.165, 1.54) is 12.3 Å². The van der Waals surface area contributed by atoms with E-state index >= 15 is 0 Å². The second-order valence-corrected chi connectivity index (χ2v) is 8.35. The maximum Gasteiger partial charge on any atom is 0.239 e. The molecule has 0 aliphatic rings. The van der Waals surface area contributed by atoms with Gasteiger partial charge in [-0.15, -0.1) is 0 Å². The fourth-order valence-corrected chi connectivity index (χ4v) is 2.87. The van der Waals surface area contributed by atoms with E-state index in [-0.39, 0.29) is 10.4 Å². The summed E-state index contributed by atoms with van der Waals surface area (Å²) >= 11 is 0. The zero-order valence-electron chi connectivity index (χ0n) is 14.2. The number of hydrogen-bond acceptors (Lipinski definition) is 6. The Kier molecular flexibility index (Phi) is 4.18. The molecule has 130 valence electrons. The van der Waals surface area contributed by atoms with Crippen molar-refractivity contribution >= 4 is 26.9 Å². The van der Waals surface area contributed by atoms with Crippen molar-refractivity contribution in [3.8, 4) is 11.1 Å². The molecule has 0 fully saturated rings. The van der Waals surface area contributed by atoms with Crippen LogP contribution in [0.15, 0.2) is 47.8 Å². The molecule has 3 rings (SSSR count). The molecule has 0 unspecified atom stereocenters. The molecule has 2 heterocycles. The summed E-state index contributed by atoms with van der Waals surface area (Å²) in [5.41, 5.74) is 2.75. The molecule has 3 N–H and O–H groups in total. The number of anilines is 1. The number of nitrogens with zero attached hydrogens (tertiary/aromatic N) is 3. The first kappa shape index (κ1) is 17.2. The van der Waals surface area contributed by atoms with Crippen molar-refractivity contribution in [2.45, 2.75) is 31.2 Å². The summed E-state index contributed by atoms with van der Waals surface area (Å²) < 4.78 is 23.0. The van der Waals surface area contributed by atoms with Gasteiger partial charge < -0.3 is 5.32 Å². The topological polar surface area (TPSA) is 111 Å². The number of pyridine rings is 1. The normalized spacial score (nSPS) is 12.3. The standard InChI is InChI=1S/C17H19N5O2S/c1-17(2,3)22-16-10-20-14-5-4-11(7-15(14)21-16)12-6-13(9-19-8-12)25(18,23)24/h4-10H,1-3H3,(H,21,22)(H2,18,23,24). The van der Waals surface area contributed by atoms with Crippen molar-refractivity contribution in [3.63, 3.8) is 0 Å². The lowest BCUT2D eigenvalue weighted by Gasteiger charge is -2.21. The Morgan fingerprint density at radius 2 is 1.76 bits per heavy atom. The van der Waals surface area contributed by atoms with Gasteiger partial charge >= 0.3 is 0 Å².